The lowest BCUT2D eigenvalue weighted by Gasteiger charge is -2.08. The van der Waals surface area contributed by atoms with Gasteiger partial charge < -0.3 is 14.2 Å². The highest BCUT2D eigenvalue weighted by molar-refractivity contribution is 9.10. The van der Waals surface area contributed by atoms with E-state index in [4.69, 9.17) is 14.2 Å². The van der Waals surface area contributed by atoms with Crippen LogP contribution >= 0.6 is 15.9 Å². The van der Waals surface area contributed by atoms with Crippen LogP contribution in [-0.4, -0.2) is 29.1 Å². The second kappa shape index (κ2) is 6.35. The number of rotatable bonds is 5. The van der Waals surface area contributed by atoms with E-state index in [-0.39, 0.29) is 23.3 Å². The van der Waals surface area contributed by atoms with Crippen LogP contribution in [0.4, 0.5) is 5.69 Å². The summed E-state index contributed by atoms with van der Waals surface area (Å²) in [5.74, 6) is 0.647. The minimum atomic E-state index is -0.565. The largest absolute Gasteiger partial charge is 0.497 e. The van der Waals surface area contributed by atoms with E-state index in [0.29, 0.717) is 10.2 Å². The number of ether oxygens (including phenoxy) is 3. The standard InChI is InChI=1S/C12H10BrN3O5/c1-19-7-3-4-9(16(17)18)10(5-7)21-12-14-6-8(13)11(15-12)20-2/h3-6H,1-2H3. The van der Waals surface area contributed by atoms with Gasteiger partial charge in [-0.25, -0.2) is 4.98 Å². The molecule has 0 atom stereocenters. The van der Waals surface area contributed by atoms with Crippen molar-refractivity contribution in [3.05, 3.63) is 39.0 Å². The summed E-state index contributed by atoms with van der Waals surface area (Å²) in [5, 5.41) is 11.0. The Morgan fingerprint density at radius 3 is 2.67 bits per heavy atom. The third-order valence-electron chi connectivity index (χ3n) is 2.45. The minimum absolute atomic E-state index is 0.0243. The highest BCUT2D eigenvalue weighted by atomic mass is 79.9. The molecule has 0 unspecified atom stereocenters. The predicted octanol–water partition coefficient (Wildman–Crippen LogP) is 2.96. The normalized spacial score (nSPS) is 10.0. The van der Waals surface area contributed by atoms with E-state index in [1.165, 1.54) is 38.6 Å². The molecule has 0 fully saturated rings. The van der Waals surface area contributed by atoms with Gasteiger partial charge in [-0.3, -0.25) is 10.1 Å². The summed E-state index contributed by atoms with van der Waals surface area (Å²) in [6, 6.07) is 4.06. The molecule has 0 radical (unpaired) electrons. The van der Waals surface area contributed by atoms with Crippen LogP contribution in [0, 0.1) is 10.1 Å². The first kappa shape index (κ1) is 15.0. The Morgan fingerprint density at radius 2 is 2.05 bits per heavy atom. The average molecular weight is 356 g/mol. The Kier molecular flexibility index (Phi) is 4.53. The number of nitrogens with zero attached hydrogens (tertiary/aromatic N) is 3. The molecule has 1 heterocycles. The van der Waals surface area contributed by atoms with Gasteiger partial charge in [0, 0.05) is 12.1 Å². The minimum Gasteiger partial charge on any atom is -0.497 e. The molecule has 8 nitrogen and oxygen atoms in total. The molecule has 1 aromatic heterocycles. The summed E-state index contributed by atoms with van der Waals surface area (Å²) in [7, 11) is 2.88. The summed E-state index contributed by atoms with van der Waals surface area (Å²) >= 11 is 3.20. The van der Waals surface area contributed by atoms with Crippen LogP contribution in [0.2, 0.25) is 0 Å². The van der Waals surface area contributed by atoms with Crippen LogP contribution in [0.15, 0.2) is 28.9 Å². The molecule has 110 valence electrons. The molecule has 2 rings (SSSR count). The zero-order valence-corrected chi connectivity index (χ0v) is 12.7. The number of hydrogen-bond acceptors (Lipinski definition) is 7. The fourth-order valence-corrected chi connectivity index (χ4v) is 1.83. The summed E-state index contributed by atoms with van der Waals surface area (Å²) in [6.45, 7) is 0. The van der Waals surface area contributed by atoms with E-state index in [2.05, 4.69) is 25.9 Å². The molecular weight excluding hydrogens is 346 g/mol. The Morgan fingerprint density at radius 1 is 1.29 bits per heavy atom. The van der Waals surface area contributed by atoms with Gasteiger partial charge in [0.2, 0.25) is 11.6 Å². The van der Waals surface area contributed by atoms with Crippen LogP contribution in [0.3, 0.4) is 0 Å². The molecule has 0 N–H and O–H groups in total. The highest BCUT2D eigenvalue weighted by Gasteiger charge is 2.18. The molecule has 0 bridgehead atoms. The molecule has 21 heavy (non-hydrogen) atoms. The summed E-state index contributed by atoms with van der Waals surface area (Å²) in [5.41, 5.74) is -0.221. The van der Waals surface area contributed by atoms with Crippen LogP contribution in [0.1, 0.15) is 0 Å². The molecule has 9 heteroatoms. The van der Waals surface area contributed by atoms with Crippen molar-refractivity contribution in [2.24, 2.45) is 0 Å². The van der Waals surface area contributed by atoms with E-state index in [1.807, 2.05) is 0 Å². The van der Waals surface area contributed by atoms with Gasteiger partial charge in [0.05, 0.1) is 29.8 Å². The van der Waals surface area contributed by atoms with Crippen molar-refractivity contribution in [3.8, 4) is 23.4 Å². The smallest absolute Gasteiger partial charge is 0.325 e. The van der Waals surface area contributed by atoms with E-state index in [0.717, 1.165) is 0 Å². The summed E-state index contributed by atoms with van der Waals surface area (Å²) < 4.78 is 15.9. The Labute approximate surface area is 128 Å². The molecule has 0 saturated carbocycles. The predicted molar refractivity (Wildman–Crippen MR) is 76.0 cm³/mol. The molecule has 0 amide bonds. The average Bonchev–Trinajstić information content (AvgIpc) is 2.48. The van der Waals surface area contributed by atoms with Crippen molar-refractivity contribution in [1.82, 2.24) is 9.97 Å². The third kappa shape index (κ3) is 3.37. The van der Waals surface area contributed by atoms with Crippen molar-refractivity contribution >= 4 is 21.6 Å². The second-order valence-electron chi connectivity index (χ2n) is 3.70. The molecule has 2 aromatic rings. The molecule has 0 aliphatic heterocycles. The van der Waals surface area contributed by atoms with Gasteiger partial charge >= 0.3 is 11.7 Å². The lowest BCUT2D eigenvalue weighted by Crippen LogP contribution is -1.99. The van der Waals surface area contributed by atoms with Crippen LogP contribution < -0.4 is 14.2 Å². The Bertz CT molecular complexity index is 680. The first-order chi connectivity index (χ1) is 10.0. The van der Waals surface area contributed by atoms with Crippen molar-refractivity contribution in [2.45, 2.75) is 0 Å². The number of nitro groups is 1. The van der Waals surface area contributed by atoms with Crippen LogP contribution in [0.25, 0.3) is 0 Å². The van der Waals surface area contributed by atoms with Gasteiger partial charge in [-0.2, -0.15) is 4.98 Å². The Hall–Kier alpha value is -2.42. The zero-order valence-electron chi connectivity index (χ0n) is 11.1. The van der Waals surface area contributed by atoms with Crippen molar-refractivity contribution in [2.75, 3.05) is 14.2 Å². The number of benzene rings is 1. The topological polar surface area (TPSA) is 96.6 Å². The number of methoxy groups -OCH3 is 2. The van der Waals surface area contributed by atoms with Crippen molar-refractivity contribution in [1.29, 1.82) is 0 Å². The second-order valence-corrected chi connectivity index (χ2v) is 4.56. The number of nitro benzene ring substituents is 1. The molecular formula is C12H10BrN3O5. The van der Waals surface area contributed by atoms with Gasteiger partial charge in [-0.05, 0) is 22.0 Å². The molecule has 1 aromatic carbocycles. The molecule has 0 aliphatic carbocycles. The van der Waals surface area contributed by atoms with E-state index in [1.54, 1.807) is 0 Å². The SMILES string of the molecule is COc1ccc([N+](=O)[O-])c(Oc2ncc(Br)c(OC)n2)c1. The first-order valence-electron chi connectivity index (χ1n) is 5.62. The first-order valence-corrected chi connectivity index (χ1v) is 6.41. The van der Waals surface area contributed by atoms with E-state index >= 15 is 0 Å². The maximum atomic E-state index is 11.0. The van der Waals surface area contributed by atoms with E-state index < -0.39 is 4.92 Å². The Balaban J connectivity index is 2.40. The highest BCUT2D eigenvalue weighted by Crippen LogP contribution is 2.34. The zero-order chi connectivity index (χ0) is 15.4. The van der Waals surface area contributed by atoms with Gasteiger partial charge in [0.15, 0.2) is 0 Å². The van der Waals surface area contributed by atoms with Gasteiger partial charge in [0.25, 0.3) is 0 Å². The van der Waals surface area contributed by atoms with Crippen molar-refractivity contribution in [3.63, 3.8) is 0 Å². The van der Waals surface area contributed by atoms with Crippen molar-refractivity contribution < 1.29 is 19.1 Å². The molecule has 0 spiro atoms. The van der Waals surface area contributed by atoms with Gasteiger partial charge in [-0.15, -0.1) is 0 Å². The summed E-state index contributed by atoms with van der Waals surface area (Å²) in [4.78, 5) is 18.3. The summed E-state index contributed by atoms with van der Waals surface area (Å²) in [6.07, 6.45) is 1.42. The third-order valence-corrected chi connectivity index (χ3v) is 2.99. The fraction of sp³-hybridized carbons (Fsp3) is 0.167. The van der Waals surface area contributed by atoms with Crippen LogP contribution in [0.5, 0.6) is 23.4 Å². The van der Waals surface area contributed by atoms with Crippen LogP contribution in [-0.2, 0) is 0 Å². The fourth-order valence-electron chi connectivity index (χ4n) is 1.48. The van der Waals surface area contributed by atoms with E-state index in [9.17, 15) is 10.1 Å². The maximum Gasteiger partial charge on any atom is 0.325 e. The number of hydrogen-bond donors (Lipinski definition) is 0. The number of aromatic nitrogens is 2. The van der Waals surface area contributed by atoms with Gasteiger partial charge in [0.1, 0.15) is 5.75 Å². The quantitative estimate of drug-likeness (QED) is 0.600. The maximum absolute atomic E-state index is 11.0. The van der Waals surface area contributed by atoms with Gasteiger partial charge in [-0.1, -0.05) is 0 Å². The molecule has 0 aliphatic rings. The number of halogens is 1. The monoisotopic (exact) mass is 355 g/mol. The lowest BCUT2D eigenvalue weighted by atomic mass is 10.3. The molecule has 0 saturated heterocycles. The lowest BCUT2D eigenvalue weighted by molar-refractivity contribution is -0.385.